The zero-order chi connectivity index (χ0) is 19.4. The number of carbonyl (C=O) groups is 2. The number of amides is 1. The Morgan fingerprint density at radius 3 is 2.63 bits per heavy atom. The van der Waals surface area contributed by atoms with Gasteiger partial charge in [0.05, 0.1) is 6.54 Å². The minimum absolute atomic E-state index is 0.0824. The lowest BCUT2D eigenvalue weighted by atomic mass is 10.2. The summed E-state index contributed by atoms with van der Waals surface area (Å²) in [6.45, 7) is 0.358. The van der Waals surface area contributed by atoms with Gasteiger partial charge in [-0.25, -0.2) is 9.18 Å². The number of rotatable bonds is 7. The number of hydrogen-bond acceptors (Lipinski definition) is 4. The molecule has 0 saturated heterocycles. The zero-order valence-electron chi connectivity index (χ0n) is 14.0. The van der Waals surface area contributed by atoms with Crippen LogP contribution in [0.4, 0.5) is 10.2 Å². The molecule has 0 spiro atoms. The highest BCUT2D eigenvalue weighted by molar-refractivity contribution is 6.31. The van der Waals surface area contributed by atoms with Crippen LogP contribution in [-0.2, 0) is 17.9 Å². The first kappa shape index (κ1) is 18.6. The summed E-state index contributed by atoms with van der Waals surface area (Å²) in [5.41, 5.74) is 0.231. The maximum Gasteiger partial charge on any atom is 0.356 e. The molecule has 0 saturated carbocycles. The molecule has 0 aliphatic heterocycles. The normalized spacial score (nSPS) is 10.7. The molecule has 27 heavy (non-hydrogen) atoms. The predicted octanol–water partition coefficient (Wildman–Crippen LogP) is 2.65. The quantitative estimate of drug-likeness (QED) is 0.644. The Kier molecular flexibility index (Phi) is 5.51. The Hall–Kier alpha value is -3.20. The lowest BCUT2D eigenvalue weighted by Crippen LogP contribution is -2.15. The summed E-state index contributed by atoms with van der Waals surface area (Å²) in [6.07, 6.45) is 3.18. The van der Waals surface area contributed by atoms with E-state index in [1.807, 2.05) is 0 Å². The predicted molar refractivity (Wildman–Crippen MR) is 95.2 cm³/mol. The topological polar surface area (TPSA) is 102 Å². The first-order valence-electron chi connectivity index (χ1n) is 7.95. The molecular formula is C17H15ClFN5O3. The third-order valence-electron chi connectivity index (χ3n) is 3.72. The average molecular weight is 392 g/mol. The van der Waals surface area contributed by atoms with Crippen molar-refractivity contribution in [1.29, 1.82) is 0 Å². The SMILES string of the molecule is O=C(CCn1ccc(C(=O)O)n1)Nc1ccn(Cc2c(F)cccc2Cl)n1. The summed E-state index contributed by atoms with van der Waals surface area (Å²) in [5.74, 6) is -1.54. The van der Waals surface area contributed by atoms with Crippen molar-refractivity contribution in [3.63, 3.8) is 0 Å². The van der Waals surface area contributed by atoms with Crippen molar-refractivity contribution in [2.75, 3.05) is 5.32 Å². The number of aryl methyl sites for hydroxylation is 1. The molecule has 3 rings (SSSR count). The average Bonchev–Trinajstić information content (AvgIpc) is 3.26. The van der Waals surface area contributed by atoms with E-state index in [9.17, 15) is 14.0 Å². The highest BCUT2D eigenvalue weighted by Gasteiger charge is 2.11. The number of nitrogens with zero attached hydrogens (tertiary/aromatic N) is 4. The van der Waals surface area contributed by atoms with Gasteiger partial charge in [0.1, 0.15) is 5.82 Å². The van der Waals surface area contributed by atoms with Crippen LogP contribution in [0.1, 0.15) is 22.5 Å². The van der Waals surface area contributed by atoms with Gasteiger partial charge in [-0.3, -0.25) is 14.2 Å². The van der Waals surface area contributed by atoms with E-state index in [-0.39, 0.29) is 31.1 Å². The lowest BCUT2D eigenvalue weighted by Gasteiger charge is -2.06. The Bertz CT molecular complexity index is 964. The van der Waals surface area contributed by atoms with Crippen LogP contribution < -0.4 is 5.32 Å². The molecule has 3 aromatic rings. The molecule has 0 atom stereocenters. The number of carboxylic acids is 1. The number of nitrogens with one attached hydrogen (secondary N) is 1. The molecule has 0 radical (unpaired) electrons. The van der Waals surface area contributed by atoms with Gasteiger partial charge in [0.15, 0.2) is 11.5 Å². The molecule has 2 N–H and O–H groups in total. The fourth-order valence-corrected chi connectivity index (χ4v) is 2.61. The van der Waals surface area contributed by atoms with Gasteiger partial charge in [-0.15, -0.1) is 0 Å². The standard InChI is InChI=1S/C17H15ClFN5O3/c18-12-2-1-3-13(19)11(12)10-24-8-5-15(22-24)20-16(25)6-9-23-7-4-14(21-23)17(26)27/h1-5,7-8H,6,9-10H2,(H,26,27)(H,20,22,25). The van der Waals surface area contributed by atoms with Gasteiger partial charge in [0.2, 0.25) is 5.91 Å². The Morgan fingerprint density at radius 2 is 1.93 bits per heavy atom. The van der Waals surface area contributed by atoms with E-state index in [1.165, 1.54) is 33.8 Å². The molecule has 0 unspecified atom stereocenters. The summed E-state index contributed by atoms with van der Waals surface area (Å²) in [5, 5.41) is 19.7. The second kappa shape index (κ2) is 8.00. The molecule has 1 amide bonds. The number of halogens is 2. The van der Waals surface area contributed by atoms with E-state index in [0.717, 1.165) is 0 Å². The van der Waals surface area contributed by atoms with E-state index in [0.29, 0.717) is 16.4 Å². The van der Waals surface area contributed by atoms with Crippen LogP contribution >= 0.6 is 11.6 Å². The van der Waals surface area contributed by atoms with E-state index in [1.54, 1.807) is 18.3 Å². The summed E-state index contributed by atoms with van der Waals surface area (Å²) in [4.78, 5) is 22.8. The van der Waals surface area contributed by atoms with Gasteiger partial charge < -0.3 is 10.4 Å². The molecule has 140 valence electrons. The van der Waals surface area contributed by atoms with Crippen LogP contribution in [0.25, 0.3) is 0 Å². The molecule has 0 aliphatic rings. The molecule has 1 aromatic carbocycles. The second-order valence-electron chi connectivity index (χ2n) is 5.67. The van der Waals surface area contributed by atoms with E-state index < -0.39 is 11.8 Å². The summed E-state index contributed by atoms with van der Waals surface area (Å²) in [6, 6.07) is 7.38. The first-order valence-corrected chi connectivity index (χ1v) is 8.33. The smallest absolute Gasteiger partial charge is 0.356 e. The van der Waals surface area contributed by atoms with Crippen LogP contribution in [0, 0.1) is 5.82 Å². The van der Waals surface area contributed by atoms with Gasteiger partial charge in [0.25, 0.3) is 0 Å². The van der Waals surface area contributed by atoms with Crippen molar-refractivity contribution < 1.29 is 19.1 Å². The van der Waals surface area contributed by atoms with Gasteiger partial charge in [-0.05, 0) is 18.2 Å². The fourth-order valence-electron chi connectivity index (χ4n) is 2.38. The van der Waals surface area contributed by atoms with Crippen molar-refractivity contribution in [2.45, 2.75) is 19.5 Å². The highest BCUT2D eigenvalue weighted by atomic mass is 35.5. The number of anilines is 1. The van der Waals surface area contributed by atoms with E-state index in [2.05, 4.69) is 15.5 Å². The maximum absolute atomic E-state index is 13.8. The molecule has 0 aliphatic carbocycles. The number of aromatic carboxylic acids is 1. The van der Waals surface area contributed by atoms with Crippen LogP contribution in [0.3, 0.4) is 0 Å². The molecular weight excluding hydrogens is 377 g/mol. The van der Waals surface area contributed by atoms with E-state index >= 15 is 0 Å². The maximum atomic E-state index is 13.8. The Labute approximate surface area is 158 Å². The third kappa shape index (κ3) is 4.70. The number of aromatic nitrogens is 4. The molecule has 0 bridgehead atoms. The molecule has 10 heteroatoms. The van der Waals surface area contributed by atoms with Crippen LogP contribution in [0.15, 0.2) is 42.7 Å². The second-order valence-corrected chi connectivity index (χ2v) is 6.07. The van der Waals surface area contributed by atoms with Crippen molar-refractivity contribution in [1.82, 2.24) is 19.6 Å². The summed E-state index contributed by atoms with van der Waals surface area (Å²) in [7, 11) is 0. The number of hydrogen-bond donors (Lipinski definition) is 2. The monoisotopic (exact) mass is 391 g/mol. The first-order chi connectivity index (χ1) is 12.9. The van der Waals surface area contributed by atoms with Crippen LogP contribution in [0.5, 0.6) is 0 Å². The van der Waals surface area contributed by atoms with Gasteiger partial charge in [-0.2, -0.15) is 10.2 Å². The van der Waals surface area contributed by atoms with Gasteiger partial charge in [-0.1, -0.05) is 17.7 Å². The molecule has 2 aromatic heterocycles. The minimum atomic E-state index is -1.13. The van der Waals surface area contributed by atoms with Crippen molar-refractivity contribution in [2.24, 2.45) is 0 Å². The minimum Gasteiger partial charge on any atom is -0.476 e. The lowest BCUT2D eigenvalue weighted by molar-refractivity contribution is -0.116. The Morgan fingerprint density at radius 1 is 1.15 bits per heavy atom. The van der Waals surface area contributed by atoms with E-state index in [4.69, 9.17) is 16.7 Å². The Balaban J connectivity index is 1.55. The fraction of sp³-hybridized carbons (Fsp3) is 0.176. The largest absolute Gasteiger partial charge is 0.476 e. The molecule has 2 heterocycles. The third-order valence-corrected chi connectivity index (χ3v) is 4.07. The van der Waals surface area contributed by atoms with Gasteiger partial charge in [0, 0.05) is 42.0 Å². The summed E-state index contributed by atoms with van der Waals surface area (Å²) < 4.78 is 16.7. The van der Waals surface area contributed by atoms with Crippen molar-refractivity contribution >= 4 is 29.3 Å². The summed E-state index contributed by atoms with van der Waals surface area (Å²) >= 11 is 6.00. The number of carbonyl (C=O) groups excluding carboxylic acids is 1. The van der Waals surface area contributed by atoms with Crippen molar-refractivity contribution in [3.05, 3.63) is 64.8 Å². The van der Waals surface area contributed by atoms with Crippen LogP contribution in [-0.4, -0.2) is 36.5 Å². The molecule has 0 fully saturated rings. The molecule has 8 nitrogen and oxygen atoms in total. The number of benzene rings is 1. The number of carboxylic acid groups (broad SMARTS) is 1. The van der Waals surface area contributed by atoms with Crippen molar-refractivity contribution in [3.8, 4) is 0 Å². The van der Waals surface area contributed by atoms with Gasteiger partial charge >= 0.3 is 5.97 Å². The zero-order valence-corrected chi connectivity index (χ0v) is 14.7. The van der Waals surface area contributed by atoms with Crippen LogP contribution in [0.2, 0.25) is 5.02 Å². The highest BCUT2D eigenvalue weighted by Crippen LogP contribution is 2.20.